The Morgan fingerprint density at radius 1 is 1.54 bits per heavy atom. The van der Waals surface area contributed by atoms with E-state index in [-0.39, 0.29) is 12.0 Å². The summed E-state index contributed by atoms with van der Waals surface area (Å²) in [6, 6.07) is 0. The summed E-state index contributed by atoms with van der Waals surface area (Å²) in [5, 5.41) is 0. The van der Waals surface area contributed by atoms with Crippen LogP contribution < -0.4 is 0 Å². The maximum absolute atomic E-state index is 10.9. The van der Waals surface area contributed by atoms with Gasteiger partial charge in [0.25, 0.3) is 0 Å². The zero-order valence-electron chi connectivity index (χ0n) is 8.15. The van der Waals surface area contributed by atoms with E-state index in [4.69, 9.17) is 9.29 Å². The van der Waals surface area contributed by atoms with Crippen LogP contribution in [0.1, 0.15) is 27.2 Å². The lowest BCUT2D eigenvalue weighted by atomic mass is 10.0. The molecule has 0 aromatic heterocycles. The van der Waals surface area contributed by atoms with Crippen LogP contribution in [0, 0.1) is 5.92 Å². The Bertz CT molecular complexity index is 193. The number of carbonyl (C=O) groups excluding carboxylic acids is 1. The predicted molar refractivity (Wildman–Crippen MR) is 50.6 cm³/mol. The number of esters is 1. The van der Waals surface area contributed by atoms with Gasteiger partial charge in [-0.25, -0.2) is 4.21 Å². The molecule has 13 heavy (non-hydrogen) atoms. The standard InChI is InChI=1S/C8H16O4S/c1-4-6(2)7(3)12-8(9)5-13(10)11/h6-7H,4-5H2,1-3H3,(H,10,11). The Labute approximate surface area is 80.9 Å². The molecule has 0 aromatic carbocycles. The van der Waals surface area contributed by atoms with Crippen molar-refractivity contribution in [2.75, 3.05) is 5.75 Å². The van der Waals surface area contributed by atoms with E-state index >= 15 is 0 Å². The normalized spacial score (nSPS) is 17.5. The van der Waals surface area contributed by atoms with Gasteiger partial charge < -0.3 is 9.29 Å². The number of hydrogen-bond acceptors (Lipinski definition) is 3. The third-order valence-corrected chi connectivity index (χ3v) is 2.49. The molecule has 1 N–H and O–H groups in total. The van der Waals surface area contributed by atoms with E-state index in [1.807, 2.05) is 13.8 Å². The first kappa shape index (κ1) is 12.6. The monoisotopic (exact) mass is 208 g/mol. The lowest BCUT2D eigenvalue weighted by Crippen LogP contribution is -2.24. The van der Waals surface area contributed by atoms with Gasteiger partial charge in [-0.2, -0.15) is 0 Å². The van der Waals surface area contributed by atoms with Gasteiger partial charge in [-0.05, 0) is 12.8 Å². The number of ether oxygens (including phenoxy) is 1. The Morgan fingerprint density at radius 2 is 2.08 bits per heavy atom. The summed E-state index contributed by atoms with van der Waals surface area (Å²) < 4.78 is 23.6. The zero-order chi connectivity index (χ0) is 10.4. The zero-order valence-corrected chi connectivity index (χ0v) is 8.97. The Balaban J connectivity index is 3.84. The van der Waals surface area contributed by atoms with Gasteiger partial charge in [-0.3, -0.25) is 4.79 Å². The Kier molecular flexibility index (Phi) is 5.90. The summed E-state index contributed by atoms with van der Waals surface area (Å²) in [6.07, 6.45) is 0.720. The van der Waals surface area contributed by atoms with E-state index in [1.54, 1.807) is 6.92 Å². The van der Waals surface area contributed by atoms with Crippen molar-refractivity contribution < 1.29 is 18.3 Å². The molecule has 0 bridgehead atoms. The first-order valence-corrected chi connectivity index (χ1v) is 5.51. The minimum absolute atomic E-state index is 0.193. The van der Waals surface area contributed by atoms with Gasteiger partial charge in [-0.15, -0.1) is 0 Å². The average molecular weight is 208 g/mol. The lowest BCUT2D eigenvalue weighted by molar-refractivity contribution is -0.147. The Hall–Kier alpha value is -0.420. The number of hydrogen-bond donors (Lipinski definition) is 1. The van der Waals surface area contributed by atoms with Crippen LogP contribution in [-0.4, -0.2) is 26.6 Å². The second-order valence-corrected chi connectivity index (χ2v) is 3.98. The summed E-state index contributed by atoms with van der Waals surface area (Å²) in [5.74, 6) is -0.787. The molecule has 0 saturated heterocycles. The maximum atomic E-state index is 10.9. The SMILES string of the molecule is CCC(C)C(C)OC(=O)CS(=O)O. The van der Waals surface area contributed by atoms with Crippen LogP contribution in [0.25, 0.3) is 0 Å². The van der Waals surface area contributed by atoms with Crippen molar-refractivity contribution in [1.82, 2.24) is 0 Å². The van der Waals surface area contributed by atoms with E-state index in [1.165, 1.54) is 0 Å². The van der Waals surface area contributed by atoms with Gasteiger partial charge in [0.05, 0.1) is 0 Å². The van der Waals surface area contributed by atoms with E-state index < -0.39 is 22.8 Å². The summed E-state index contributed by atoms with van der Waals surface area (Å²) >= 11 is -2.10. The van der Waals surface area contributed by atoms with Crippen LogP contribution in [0.15, 0.2) is 0 Å². The first-order chi connectivity index (χ1) is 5.97. The average Bonchev–Trinajstić information content (AvgIpc) is 2.01. The van der Waals surface area contributed by atoms with Crippen LogP contribution in [0.4, 0.5) is 0 Å². The molecule has 0 aliphatic rings. The molecule has 78 valence electrons. The quantitative estimate of drug-likeness (QED) is 0.544. The van der Waals surface area contributed by atoms with Gasteiger partial charge in [-0.1, -0.05) is 20.3 Å². The molecule has 0 rings (SSSR count). The smallest absolute Gasteiger partial charge is 0.321 e. The molecular formula is C8H16O4S. The number of rotatable bonds is 5. The highest BCUT2D eigenvalue weighted by molar-refractivity contribution is 7.80. The van der Waals surface area contributed by atoms with Crippen molar-refractivity contribution in [1.29, 1.82) is 0 Å². The van der Waals surface area contributed by atoms with E-state index in [9.17, 15) is 9.00 Å². The molecule has 0 fully saturated rings. The number of carbonyl (C=O) groups is 1. The molecule has 0 aromatic rings. The topological polar surface area (TPSA) is 63.6 Å². The molecule has 0 saturated carbocycles. The molecular weight excluding hydrogens is 192 g/mol. The highest BCUT2D eigenvalue weighted by Gasteiger charge is 2.16. The third kappa shape index (κ3) is 5.76. The first-order valence-electron chi connectivity index (χ1n) is 4.24. The minimum atomic E-state index is -2.10. The Morgan fingerprint density at radius 3 is 2.46 bits per heavy atom. The molecule has 0 aliphatic carbocycles. The van der Waals surface area contributed by atoms with Crippen LogP contribution in [0.2, 0.25) is 0 Å². The molecule has 0 heterocycles. The van der Waals surface area contributed by atoms with Gasteiger partial charge in [0.2, 0.25) is 0 Å². The van der Waals surface area contributed by atoms with Gasteiger partial charge in [0.15, 0.2) is 11.1 Å². The second kappa shape index (κ2) is 6.10. The molecule has 0 spiro atoms. The fourth-order valence-corrected chi connectivity index (χ4v) is 1.06. The summed E-state index contributed by atoms with van der Waals surface area (Å²) in [4.78, 5) is 10.9. The van der Waals surface area contributed by atoms with E-state index in [0.717, 1.165) is 6.42 Å². The van der Waals surface area contributed by atoms with Crippen LogP contribution in [-0.2, 0) is 20.6 Å². The van der Waals surface area contributed by atoms with Crippen molar-refractivity contribution in [2.24, 2.45) is 5.92 Å². The molecule has 3 unspecified atom stereocenters. The van der Waals surface area contributed by atoms with Crippen LogP contribution in [0.3, 0.4) is 0 Å². The van der Waals surface area contributed by atoms with Gasteiger partial charge in [0.1, 0.15) is 11.9 Å². The van der Waals surface area contributed by atoms with Crippen LogP contribution >= 0.6 is 0 Å². The van der Waals surface area contributed by atoms with E-state index in [2.05, 4.69) is 0 Å². The largest absolute Gasteiger partial charge is 0.462 e. The molecule has 0 radical (unpaired) electrons. The van der Waals surface area contributed by atoms with Crippen molar-refractivity contribution in [2.45, 2.75) is 33.3 Å². The van der Waals surface area contributed by atoms with Crippen molar-refractivity contribution in [3.8, 4) is 0 Å². The summed E-state index contributed by atoms with van der Waals surface area (Å²) in [7, 11) is 0. The fraction of sp³-hybridized carbons (Fsp3) is 0.875. The van der Waals surface area contributed by atoms with Crippen LogP contribution in [0.5, 0.6) is 0 Å². The summed E-state index contributed by atoms with van der Waals surface area (Å²) in [6.45, 7) is 5.75. The summed E-state index contributed by atoms with van der Waals surface area (Å²) in [5.41, 5.74) is 0. The molecule has 4 nitrogen and oxygen atoms in total. The van der Waals surface area contributed by atoms with Crippen molar-refractivity contribution >= 4 is 17.0 Å². The molecule has 3 atom stereocenters. The highest BCUT2D eigenvalue weighted by atomic mass is 32.2. The van der Waals surface area contributed by atoms with Gasteiger partial charge >= 0.3 is 5.97 Å². The predicted octanol–water partition coefficient (Wildman–Crippen LogP) is 1.19. The third-order valence-electron chi connectivity index (χ3n) is 2.00. The fourth-order valence-electron chi connectivity index (χ4n) is 0.790. The molecule has 5 heteroatoms. The lowest BCUT2D eigenvalue weighted by Gasteiger charge is -2.18. The van der Waals surface area contributed by atoms with Crippen molar-refractivity contribution in [3.63, 3.8) is 0 Å². The molecule has 0 amide bonds. The van der Waals surface area contributed by atoms with E-state index in [0.29, 0.717) is 0 Å². The molecule has 0 aliphatic heterocycles. The minimum Gasteiger partial charge on any atom is -0.462 e. The van der Waals surface area contributed by atoms with Gasteiger partial charge in [0, 0.05) is 0 Å². The highest BCUT2D eigenvalue weighted by Crippen LogP contribution is 2.10. The second-order valence-electron chi connectivity index (χ2n) is 3.05. The van der Waals surface area contributed by atoms with Crippen molar-refractivity contribution in [3.05, 3.63) is 0 Å². The maximum Gasteiger partial charge on any atom is 0.321 e.